The lowest BCUT2D eigenvalue weighted by Crippen LogP contribution is -2.26. The fourth-order valence-corrected chi connectivity index (χ4v) is 4.21. The molecule has 0 saturated carbocycles. The Morgan fingerprint density at radius 2 is 1.64 bits per heavy atom. The predicted octanol–water partition coefficient (Wildman–Crippen LogP) is 7.30. The maximum atomic E-state index is 12.9. The molecule has 0 bridgehead atoms. The van der Waals surface area contributed by atoms with Gasteiger partial charge in [-0.1, -0.05) is 78.4 Å². The summed E-state index contributed by atoms with van der Waals surface area (Å²) in [6.07, 6.45) is -1.35. The molecule has 1 aliphatic carbocycles. The number of alkyl carbamates (subject to hydrolysis) is 1. The third kappa shape index (κ3) is 5.22. The molecule has 3 aromatic carbocycles. The number of nitrogens with one attached hydrogen (secondary N) is 1. The number of ether oxygens (including phenoxy) is 1. The summed E-state index contributed by atoms with van der Waals surface area (Å²) < 4.78 is 44.3. The molecule has 0 radical (unpaired) electrons. The van der Waals surface area contributed by atoms with Crippen molar-refractivity contribution in [3.8, 4) is 11.1 Å². The van der Waals surface area contributed by atoms with Gasteiger partial charge in [0.05, 0.1) is 10.6 Å². The molecule has 0 heterocycles. The zero-order valence-corrected chi connectivity index (χ0v) is 18.3. The van der Waals surface area contributed by atoms with Gasteiger partial charge in [-0.3, -0.25) is 0 Å². The molecule has 1 aliphatic rings. The number of alkyl halides is 3. The summed E-state index contributed by atoms with van der Waals surface area (Å²) in [4.78, 5) is 12.2. The van der Waals surface area contributed by atoms with E-state index in [0.717, 1.165) is 28.3 Å². The van der Waals surface area contributed by atoms with Crippen LogP contribution in [0, 0.1) is 0 Å². The minimum Gasteiger partial charge on any atom is -0.449 e. The molecule has 3 aromatic rings. The van der Waals surface area contributed by atoms with Crippen molar-refractivity contribution in [2.24, 2.45) is 0 Å². The first-order valence-electron chi connectivity index (χ1n) is 10.5. The van der Waals surface area contributed by atoms with E-state index in [4.69, 9.17) is 16.3 Å². The Kier molecular flexibility index (Phi) is 6.75. The summed E-state index contributed by atoms with van der Waals surface area (Å²) >= 11 is 5.63. The average Bonchev–Trinajstić information content (AvgIpc) is 3.11. The van der Waals surface area contributed by atoms with Crippen molar-refractivity contribution in [1.82, 2.24) is 5.32 Å². The van der Waals surface area contributed by atoms with Crippen molar-refractivity contribution in [2.45, 2.75) is 18.5 Å². The third-order valence-electron chi connectivity index (χ3n) is 5.53. The van der Waals surface area contributed by atoms with Gasteiger partial charge in [-0.2, -0.15) is 13.2 Å². The largest absolute Gasteiger partial charge is 0.449 e. The van der Waals surface area contributed by atoms with Crippen molar-refractivity contribution < 1.29 is 22.7 Å². The highest BCUT2D eigenvalue weighted by molar-refractivity contribution is 6.31. The Morgan fingerprint density at radius 3 is 2.27 bits per heavy atom. The number of hydrogen-bond donors (Lipinski definition) is 1. The minimum atomic E-state index is -4.51. The Labute approximate surface area is 194 Å². The van der Waals surface area contributed by atoms with Crippen LogP contribution in [0.3, 0.4) is 0 Å². The normalized spacial score (nSPS) is 13.1. The van der Waals surface area contributed by atoms with Gasteiger partial charge in [-0.05, 0) is 46.4 Å². The van der Waals surface area contributed by atoms with Gasteiger partial charge >= 0.3 is 12.3 Å². The summed E-state index contributed by atoms with van der Waals surface area (Å²) in [6.45, 7) is 0.521. The summed E-state index contributed by atoms with van der Waals surface area (Å²) in [7, 11) is 0. The smallest absolute Gasteiger partial charge is 0.417 e. The number of carbonyl (C=O) groups excluding carboxylic acids is 1. The predicted molar refractivity (Wildman–Crippen MR) is 123 cm³/mol. The molecule has 0 fully saturated rings. The summed E-state index contributed by atoms with van der Waals surface area (Å²) in [5, 5.41) is 2.34. The van der Waals surface area contributed by atoms with E-state index in [1.165, 1.54) is 12.1 Å². The molecule has 1 amide bonds. The Balaban J connectivity index is 1.27. The highest BCUT2D eigenvalue weighted by atomic mass is 35.5. The molecular weight excluding hydrogens is 451 g/mol. The molecular formula is C26H21ClF3NO2. The van der Waals surface area contributed by atoms with Crippen LogP contribution in [0.5, 0.6) is 0 Å². The molecule has 7 heteroatoms. The second-order valence-corrected chi connectivity index (χ2v) is 8.09. The van der Waals surface area contributed by atoms with Crippen LogP contribution in [0.15, 0.2) is 72.8 Å². The molecule has 1 N–H and O–H groups in total. The van der Waals surface area contributed by atoms with Crippen LogP contribution in [-0.2, 0) is 10.9 Å². The van der Waals surface area contributed by atoms with Crippen LogP contribution < -0.4 is 5.32 Å². The van der Waals surface area contributed by atoms with Crippen molar-refractivity contribution in [3.63, 3.8) is 0 Å². The van der Waals surface area contributed by atoms with Gasteiger partial charge in [0.25, 0.3) is 0 Å². The van der Waals surface area contributed by atoms with Crippen molar-refractivity contribution in [3.05, 3.63) is 100 Å². The molecule has 0 unspecified atom stereocenters. The zero-order chi connectivity index (χ0) is 23.4. The van der Waals surface area contributed by atoms with E-state index in [0.29, 0.717) is 18.5 Å². The summed E-state index contributed by atoms with van der Waals surface area (Å²) in [5.74, 6) is -0.0178. The molecule has 3 nitrogen and oxygen atoms in total. The number of carbonyl (C=O) groups is 1. The van der Waals surface area contributed by atoms with Gasteiger partial charge in [0.1, 0.15) is 6.61 Å². The number of amides is 1. The molecule has 0 aromatic heterocycles. The first-order valence-corrected chi connectivity index (χ1v) is 10.8. The highest BCUT2D eigenvalue weighted by Crippen LogP contribution is 2.44. The van der Waals surface area contributed by atoms with Gasteiger partial charge in [0.2, 0.25) is 0 Å². The second-order valence-electron chi connectivity index (χ2n) is 7.68. The van der Waals surface area contributed by atoms with Crippen LogP contribution in [0.1, 0.15) is 34.6 Å². The summed E-state index contributed by atoms with van der Waals surface area (Å²) in [6, 6.07) is 19.9. The van der Waals surface area contributed by atoms with E-state index < -0.39 is 17.8 Å². The van der Waals surface area contributed by atoms with E-state index in [2.05, 4.69) is 17.4 Å². The van der Waals surface area contributed by atoms with Crippen LogP contribution in [-0.4, -0.2) is 19.2 Å². The van der Waals surface area contributed by atoms with Gasteiger partial charge in [0.15, 0.2) is 0 Å². The fraction of sp³-hybridized carbons (Fsp3) is 0.192. The molecule has 0 saturated heterocycles. The first kappa shape index (κ1) is 22.9. The zero-order valence-electron chi connectivity index (χ0n) is 17.5. The van der Waals surface area contributed by atoms with Crippen molar-refractivity contribution >= 4 is 23.8 Å². The lowest BCUT2D eigenvalue weighted by atomic mass is 9.98. The van der Waals surface area contributed by atoms with E-state index >= 15 is 0 Å². The topological polar surface area (TPSA) is 38.3 Å². The molecule has 33 heavy (non-hydrogen) atoms. The lowest BCUT2D eigenvalue weighted by Gasteiger charge is -2.14. The number of fused-ring (bicyclic) bond motifs is 3. The average molecular weight is 472 g/mol. The Bertz CT molecular complexity index is 1140. The van der Waals surface area contributed by atoms with Gasteiger partial charge in [-0.15, -0.1) is 0 Å². The lowest BCUT2D eigenvalue weighted by molar-refractivity contribution is -0.137. The first-order chi connectivity index (χ1) is 15.8. The number of benzene rings is 3. The molecule has 0 spiro atoms. The fourth-order valence-electron chi connectivity index (χ4n) is 3.99. The van der Waals surface area contributed by atoms with E-state index in [1.54, 1.807) is 12.2 Å². The quantitative estimate of drug-likeness (QED) is 0.383. The van der Waals surface area contributed by atoms with Gasteiger partial charge in [0, 0.05) is 12.5 Å². The standard InChI is InChI=1S/C26H21ClF3NO2/c27-24-13-12-17(15-23(24)26(28,29)30)7-5-6-14-31-25(32)33-16-22-20-10-3-1-8-18(20)19-9-2-4-11-21(19)22/h1-5,7-13,15,22H,6,14,16H2,(H,31,32). The Morgan fingerprint density at radius 1 is 1.00 bits per heavy atom. The summed E-state index contributed by atoms with van der Waals surface area (Å²) in [5.41, 5.74) is 4.09. The van der Waals surface area contributed by atoms with Crippen LogP contribution >= 0.6 is 11.6 Å². The second kappa shape index (κ2) is 9.71. The number of halogens is 4. The maximum absolute atomic E-state index is 12.9. The molecule has 0 atom stereocenters. The Hall–Kier alpha value is -3.25. The SMILES string of the molecule is O=C(NCCC=Cc1ccc(Cl)c(C(F)(F)F)c1)OCC1c2ccccc2-c2ccccc21. The van der Waals surface area contributed by atoms with Gasteiger partial charge < -0.3 is 10.1 Å². The van der Waals surface area contributed by atoms with Crippen molar-refractivity contribution in [1.29, 1.82) is 0 Å². The maximum Gasteiger partial charge on any atom is 0.417 e. The number of rotatable bonds is 6. The number of hydrogen-bond acceptors (Lipinski definition) is 2. The van der Waals surface area contributed by atoms with Crippen molar-refractivity contribution in [2.75, 3.05) is 13.2 Å². The van der Waals surface area contributed by atoms with E-state index in [9.17, 15) is 18.0 Å². The van der Waals surface area contributed by atoms with Gasteiger partial charge in [-0.25, -0.2) is 4.79 Å². The van der Waals surface area contributed by atoms with Crippen LogP contribution in [0.25, 0.3) is 17.2 Å². The van der Waals surface area contributed by atoms with Crippen LogP contribution in [0.4, 0.5) is 18.0 Å². The third-order valence-corrected chi connectivity index (χ3v) is 5.86. The van der Waals surface area contributed by atoms with Crippen LogP contribution in [0.2, 0.25) is 5.02 Å². The minimum absolute atomic E-state index is 0.0178. The molecule has 4 rings (SSSR count). The van der Waals surface area contributed by atoms with E-state index in [1.807, 2.05) is 36.4 Å². The van der Waals surface area contributed by atoms with E-state index in [-0.39, 0.29) is 17.5 Å². The molecule has 170 valence electrons. The monoisotopic (exact) mass is 471 g/mol. The highest BCUT2D eigenvalue weighted by Gasteiger charge is 2.33. The molecule has 0 aliphatic heterocycles.